The normalized spacial score (nSPS) is 12.8. The van der Waals surface area contributed by atoms with Gasteiger partial charge in [0.25, 0.3) is 0 Å². The molecule has 1 aliphatic heterocycles. The average Bonchev–Trinajstić information content (AvgIpc) is 3.14. The van der Waals surface area contributed by atoms with Gasteiger partial charge in [0.05, 0.1) is 13.2 Å². The Hall–Kier alpha value is -3.20. The molecule has 1 aliphatic rings. The molecular weight excluding hydrogens is 389 g/mol. The number of hydrogen-bond donors (Lipinski definition) is 3. The van der Waals surface area contributed by atoms with Crippen LogP contribution in [0.5, 0.6) is 11.5 Å². The van der Waals surface area contributed by atoms with E-state index in [1.807, 2.05) is 0 Å². The lowest BCUT2D eigenvalue weighted by Gasteiger charge is -2.18. The number of fused-ring (bicyclic) bond motifs is 1. The minimum absolute atomic E-state index is 0.0831. The van der Waals surface area contributed by atoms with Crippen molar-refractivity contribution in [2.75, 3.05) is 18.5 Å². The molecular formula is C20H19F3N2O4. The summed E-state index contributed by atoms with van der Waals surface area (Å²) >= 11 is 0. The Morgan fingerprint density at radius 1 is 1.31 bits per heavy atom. The van der Waals surface area contributed by atoms with Crippen molar-refractivity contribution in [1.29, 1.82) is 0 Å². The van der Waals surface area contributed by atoms with Crippen LogP contribution in [-0.4, -0.2) is 30.5 Å². The summed E-state index contributed by atoms with van der Waals surface area (Å²) in [5, 5.41) is 12.9. The largest absolute Gasteiger partial charge is 0.573 e. The highest BCUT2D eigenvalue weighted by Gasteiger charge is 2.31. The van der Waals surface area contributed by atoms with E-state index >= 15 is 0 Å². The lowest BCUT2D eigenvalue weighted by atomic mass is 9.95. The van der Waals surface area contributed by atoms with Gasteiger partial charge in [0.2, 0.25) is 5.91 Å². The lowest BCUT2D eigenvalue weighted by molar-refractivity contribution is -0.274. The van der Waals surface area contributed by atoms with E-state index in [1.54, 1.807) is 6.07 Å². The molecule has 9 heteroatoms. The Bertz CT molecular complexity index is 940. The molecule has 2 aromatic rings. The standard InChI is InChI=1S/C20H19F3N2O4/c1-11(19(24)27)9-25-17-8-15(18-14(6-7-28-18)16(17)10-26)12-2-4-13(5-3-12)29-20(21,22)23/h2-5,8,25-26H,1,6-7,9-10H2,(H2,24,27). The highest BCUT2D eigenvalue weighted by molar-refractivity contribution is 5.92. The molecule has 0 atom stereocenters. The summed E-state index contributed by atoms with van der Waals surface area (Å²) in [5.74, 6) is -0.410. The summed E-state index contributed by atoms with van der Waals surface area (Å²) in [5.41, 5.74) is 8.60. The number of hydrogen-bond acceptors (Lipinski definition) is 5. The molecule has 0 radical (unpaired) electrons. The van der Waals surface area contributed by atoms with Crippen molar-refractivity contribution in [3.8, 4) is 22.6 Å². The van der Waals surface area contributed by atoms with Crippen LogP contribution in [0.4, 0.5) is 18.9 Å². The first-order chi connectivity index (χ1) is 13.7. The van der Waals surface area contributed by atoms with Crippen LogP contribution in [0, 0.1) is 0 Å². The van der Waals surface area contributed by atoms with Crippen LogP contribution in [0.3, 0.4) is 0 Å². The highest BCUT2D eigenvalue weighted by atomic mass is 19.4. The zero-order chi connectivity index (χ0) is 21.2. The minimum Gasteiger partial charge on any atom is -0.492 e. The summed E-state index contributed by atoms with van der Waals surface area (Å²) in [7, 11) is 0. The molecule has 0 saturated heterocycles. The lowest BCUT2D eigenvalue weighted by Crippen LogP contribution is -2.19. The quantitative estimate of drug-likeness (QED) is 0.612. The first kappa shape index (κ1) is 20.5. The number of primary amides is 1. The molecule has 4 N–H and O–H groups in total. The first-order valence-corrected chi connectivity index (χ1v) is 8.69. The monoisotopic (exact) mass is 408 g/mol. The minimum atomic E-state index is -4.77. The number of nitrogens with two attached hydrogens (primary N) is 1. The second-order valence-corrected chi connectivity index (χ2v) is 6.41. The van der Waals surface area contributed by atoms with E-state index < -0.39 is 12.3 Å². The van der Waals surface area contributed by atoms with Gasteiger partial charge in [0.15, 0.2) is 0 Å². The maximum Gasteiger partial charge on any atom is 0.573 e. The third-order valence-corrected chi connectivity index (χ3v) is 4.49. The fourth-order valence-corrected chi connectivity index (χ4v) is 3.12. The SMILES string of the molecule is C=C(CNc1cc(-c2ccc(OC(F)(F)F)cc2)c2c(c1CO)CCO2)C(N)=O. The van der Waals surface area contributed by atoms with Gasteiger partial charge in [-0.3, -0.25) is 4.79 Å². The number of nitrogens with one attached hydrogen (secondary N) is 1. The maximum absolute atomic E-state index is 12.4. The van der Waals surface area contributed by atoms with Crippen molar-refractivity contribution in [2.45, 2.75) is 19.4 Å². The number of amides is 1. The van der Waals surface area contributed by atoms with Crippen LogP contribution < -0.4 is 20.5 Å². The molecule has 6 nitrogen and oxygen atoms in total. The van der Waals surface area contributed by atoms with Gasteiger partial charge >= 0.3 is 6.36 Å². The summed E-state index contributed by atoms with van der Waals surface area (Å²) in [6.07, 6.45) is -4.20. The third-order valence-electron chi connectivity index (χ3n) is 4.49. The Kier molecular flexibility index (Phi) is 5.69. The Morgan fingerprint density at radius 3 is 2.59 bits per heavy atom. The molecule has 0 bridgehead atoms. The van der Waals surface area contributed by atoms with Gasteiger partial charge in [-0.25, -0.2) is 0 Å². The fraction of sp³-hybridized carbons (Fsp3) is 0.250. The highest BCUT2D eigenvalue weighted by Crippen LogP contribution is 2.43. The molecule has 0 fully saturated rings. The number of rotatable bonds is 7. The summed E-state index contributed by atoms with van der Waals surface area (Å²) in [6.45, 7) is 3.83. The van der Waals surface area contributed by atoms with Crippen LogP contribution >= 0.6 is 0 Å². The number of anilines is 1. The molecule has 0 unspecified atom stereocenters. The average molecular weight is 408 g/mol. The zero-order valence-electron chi connectivity index (χ0n) is 15.3. The van der Waals surface area contributed by atoms with E-state index in [0.717, 1.165) is 5.56 Å². The van der Waals surface area contributed by atoms with Gasteiger partial charge in [-0.15, -0.1) is 13.2 Å². The van der Waals surface area contributed by atoms with Crippen LogP contribution in [0.2, 0.25) is 0 Å². The molecule has 29 heavy (non-hydrogen) atoms. The van der Waals surface area contributed by atoms with Gasteiger partial charge in [0, 0.05) is 40.9 Å². The van der Waals surface area contributed by atoms with Crippen molar-refractivity contribution in [2.24, 2.45) is 5.73 Å². The molecule has 0 saturated carbocycles. The van der Waals surface area contributed by atoms with E-state index in [1.165, 1.54) is 24.3 Å². The van der Waals surface area contributed by atoms with E-state index in [9.17, 15) is 23.1 Å². The number of aliphatic hydroxyl groups is 1. The number of aliphatic hydroxyl groups excluding tert-OH is 1. The Labute approximate surface area is 164 Å². The predicted octanol–water partition coefficient (Wildman–Crippen LogP) is 3.13. The van der Waals surface area contributed by atoms with E-state index in [0.29, 0.717) is 41.2 Å². The number of benzene rings is 2. The van der Waals surface area contributed by atoms with Gasteiger partial charge in [-0.05, 0) is 23.8 Å². The molecule has 1 amide bonds. The summed E-state index contributed by atoms with van der Waals surface area (Å²) in [4.78, 5) is 11.2. The Morgan fingerprint density at radius 2 is 2.00 bits per heavy atom. The van der Waals surface area contributed by atoms with Crippen molar-refractivity contribution >= 4 is 11.6 Å². The van der Waals surface area contributed by atoms with Crippen LogP contribution in [0.1, 0.15) is 11.1 Å². The van der Waals surface area contributed by atoms with Gasteiger partial charge < -0.3 is 25.6 Å². The molecule has 1 heterocycles. The summed E-state index contributed by atoms with van der Waals surface area (Å²) in [6, 6.07) is 7.12. The van der Waals surface area contributed by atoms with E-state index in [-0.39, 0.29) is 24.5 Å². The van der Waals surface area contributed by atoms with Crippen molar-refractivity contribution in [3.63, 3.8) is 0 Å². The molecule has 0 aromatic heterocycles. The van der Waals surface area contributed by atoms with Crippen molar-refractivity contribution < 1.29 is 32.5 Å². The number of carbonyl (C=O) groups is 1. The van der Waals surface area contributed by atoms with Crippen LogP contribution in [0.15, 0.2) is 42.5 Å². The van der Waals surface area contributed by atoms with Crippen molar-refractivity contribution in [1.82, 2.24) is 0 Å². The molecule has 154 valence electrons. The third kappa shape index (κ3) is 4.62. The number of halogens is 3. The molecule has 0 aliphatic carbocycles. The van der Waals surface area contributed by atoms with Gasteiger partial charge in [-0.1, -0.05) is 18.7 Å². The molecule has 3 rings (SSSR count). The summed E-state index contributed by atoms with van der Waals surface area (Å²) < 4.78 is 46.7. The second kappa shape index (κ2) is 8.04. The van der Waals surface area contributed by atoms with Gasteiger partial charge in [-0.2, -0.15) is 0 Å². The molecule has 0 spiro atoms. The number of alkyl halides is 3. The van der Waals surface area contributed by atoms with Crippen LogP contribution in [-0.2, 0) is 17.8 Å². The molecule has 2 aromatic carbocycles. The number of carbonyl (C=O) groups excluding carboxylic acids is 1. The second-order valence-electron chi connectivity index (χ2n) is 6.41. The Balaban J connectivity index is 1.98. The topological polar surface area (TPSA) is 93.8 Å². The van der Waals surface area contributed by atoms with Gasteiger partial charge in [0.1, 0.15) is 11.5 Å². The smallest absolute Gasteiger partial charge is 0.492 e. The zero-order valence-corrected chi connectivity index (χ0v) is 15.3. The van der Waals surface area contributed by atoms with E-state index in [4.69, 9.17) is 10.5 Å². The van der Waals surface area contributed by atoms with E-state index in [2.05, 4.69) is 16.6 Å². The fourth-order valence-electron chi connectivity index (χ4n) is 3.12. The maximum atomic E-state index is 12.4. The van der Waals surface area contributed by atoms with Crippen LogP contribution in [0.25, 0.3) is 11.1 Å². The number of ether oxygens (including phenoxy) is 2. The predicted molar refractivity (Wildman–Crippen MR) is 101 cm³/mol. The van der Waals surface area contributed by atoms with Crippen molar-refractivity contribution in [3.05, 3.63) is 53.6 Å². The first-order valence-electron chi connectivity index (χ1n) is 8.69.